The predicted octanol–water partition coefficient (Wildman–Crippen LogP) is 3.18. The average molecular weight is 295 g/mol. The second-order valence-corrected chi connectivity index (χ2v) is 3.49. The van der Waals surface area contributed by atoms with Crippen molar-refractivity contribution in [2.24, 2.45) is 0 Å². The van der Waals surface area contributed by atoms with E-state index in [0.29, 0.717) is 6.42 Å². The van der Waals surface area contributed by atoms with Gasteiger partial charge in [-0.3, -0.25) is 0 Å². The van der Waals surface area contributed by atoms with Crippen LogP contribution in [-0.2, 0) is 5.92 Å². The summed E-state index contributed by atoms with van der Waals surface area (Å²) in [5.74, 6) is -14.1. The van der Waals surface area contributed by atoms with Crippen molar-refractivity contribution < 1.29 is 35.2 Å². The van der Waals surface area contributed by atoms with Crippen LogP contribution < -0.4 is 5.32 Å². The molecule has 1 aromatic heterocycles. The number of rotatable bonds is 5. The summed E-state index contributed by atoms with van der Waals surface area (Å²) in [6.07, 6.45) is -5.92. The van der Waals surface area contributed by atoms with Crippen LogP contribution in [0.2, 0.25) is 0 Å². The molecule has 0 unspecified atom stereocenters. The number of aromatic nitrogens is 2. The highest BCUT2D eigenvalue weighted by Gasteiger charge is 2.76. The highest BCUT2D eigenvalue weighted by Crippen LogP contribution is 2.51. The molecule has 1 rings (SSSR count). The fourth-order valence-corrected chi connectivity index (χ4v) is 0.966. The third kappa shape index (κ3) is 2.73. The second-order valence-electron chi connectivity index (χ2n) is 3.49. The number of nitrogens with zero attached hydrogens (tertiary/aromatic N) is 2. The molecule has 11 heteroatoms. The molecule has 0 aliphatic carbocycles. The minimum atomic E-state index is -6.44. The van der Waals surface area contributed by atoms with Crippen molar-refractivity contribution >= 4 is 6.01 Å². The summed E-state index contributed by atoms with van der Waals surface area (Å²) in [5.41, 5.74) is 0. The zero-order valence-corrected chi connectivity index (χ0v) is 9.36. The van der Waals surface area contributed by atoms with Gasteiger partial charge in [-0.2, -0.15) is 30.7 Å². The minimum absolute atomic E-state index is 0.197. The number of nitrogens with one attached hydrogen (secondary N) is 1. The van der Waals surface area contributed by atoms with E-state index >= 15 is 0 Å². The number of anilines is 1. The summed E-state index contributed by atoms with van der Waals surface area (Å²) < 4.78 is 91.1. The lowest BCUT2D eigenvalue weighted by molar-refractivity contribution is -0.364. The van der Waals surface area contributed by atoms with Gasteiger partial charge >= 0.3 is 24.0 Å². The molecule has 0 bridgehead atoms. The summed E-state index contributed by atoms with van der Waals surface area (Å²) in [6.45, 7) is 1.89. The number of halogens is 7. The molecule has 19 heavy (non-hydrogen) atoms. The van der Waals surface area contributed by atoms with Crippen LogP contribution in [0.4, 0.5) is 36.7 Å². The quantitative estimate of drug-likeness (QED) is 0.848. The molecule has 0 spiro atoms. The maximum absolute atomic E-state index is 13.1. The molecule has 4 nitrogen and oxygen atoms in total. The van der Waals surface area contributed by atoms with E-state index in [-0.39, 0.29) is 6.54 Å². The molecule has 1 heterocycles. The lowest BCUT2D eigenvalue weighted by atomic mass is 10.1. The molecule has 0 aromatic carbocycles. The summed E-state index contributed by atoms with van der Waals surface area (Å²) in [7, 11) is 0. The topological polar surface area (TPSA) is 51.0 Å². The van der Waals surface area contributed by atoms with Crippen molar-refractivity contribution in [3.63, 3.8) is 0 Å². The molecular formula is C8H8F7N3O. The molecule has 0 atom stereocenters. The predicted molar refractivity (Wildman–Crippen MR) is 48.0 cm³/mol. The standard InChI is InChI=1S/C8H8F7N3O/c1-2-3-16-5-18-17-4(19-5)6(9,10)7(11,12)8(13,14)15/h2-3H2,1H3,(H,16,18). The molecule has 1 N–H and O–H groups in total. The smallest absolute Gasteiger partial charge is 0.401 e. The second kappa shape index (κ2) is 4.85. The Kier molecular flexibility index (Phi) is 3.96. The molecule has 0 saturated heterocycles. The van der Waals surface area contributed by atoms with Crippen LogP contribution in [0.1, 0.15) is 19.2 Å². The first-order valence-electron chi connectivity index (χ1n) is 4.94. The summed E-state index contributed by atoms with van der Waals surface area (Å²) in [6, 6.07) is -0.658. The summed E-state index contributed by atoms with van der Waals surface area (Å²) in [5, 5.41) is 7.70. The molecule has 0 aliphatic heterocycles. The van der Waals surface area contributed by atoms with Gasteiger partial charge in [0.15, 0.2) is 0 Å². The van der Waals surface area contributed by atoms with Crippen molar-refractivity contribution in [3.05, 3.63) is 5.89 Å². The van der Waals surface area contributed by atoms with Crippen LogP contribution in [0, 0.1) is 0 Å². The van der Waals surface area contributed by atoms with Crippen molar-refractivity contribution in [1.29, 1.82) is 0 Å². The maximum atomic E-state index is 13.1. The van der Waals surface area contributed by atoms with Gasteiger partial charge in [-0.25, -0.2) is 0 Å². The summed E-state index contributed by atoms with van der Waals surface area (Å²) >= 11 is 0. The molecule has 1 aromatic rings. The Morgan fingerprint density at radius 2 is 1.63 bits per heavy atom. The van der Waals surface area contributed by atoms with Gasteiger partial charge in [-0.05, 0) is 6.42 Å². The van der Waals surface area contributed by atoms with Gasteiger partial charge < -0.3 is 9.73 Å². The zero-order valence-electron chi connectivity index (χ0n) is 9.36. The van der Waals surface area contributed by atoms with Gasteiger partial charge in [0.05, 0.1) is 0 Å². The van der Waals surface area contributed by atoms with Gasteiger partial charge in [-0.15, -0.1) is 5.10 Å². The molecule has 0 radical (unpaired) electrons. The largest absolute Gasteiger partial charge is 0.460 e. The van der Waals surface area contributed by atoms with E-state index in [9.17, 15) is 30.7 Å². The van der Waals surface area contributed by atoms with Crippen molar-refractivity contribution in [3.8, 4) is 0 Å². The Bertz CT molecular complexity index is 428. The van der Waals surface area contributed by atoms with Crippen molar-refractivity contribution in [2.75, 3.05) is 11.9 Å². The Morgan fingerprint density at radius 3 is 2.11 bits per heavy atom. The lowest BCUT2D eigenvalue weighted by Crippen LogP contribution is -2.50. The monoisotopic (exact) mass is 295 g/mol. The fourth-order valence-electron chi connectivity index (χ4n) is 0.966. The van der Waals surface area contributed by atoms with Crippen LogP contribution in [0.5, 0.6) is 0 Å². The average Bonchev–Trinajstić information content (AvgIpc) is 2.73. The van der Waals surface area contributed by atoms with Crippen molar-refractivity contribution in [2.45, 2.75) is 31.4 Å². The van der Waals surface area contributed by atoms with E-state index in [4.69, 9.17) is 0 Å². The summed E-state index contributed by atoms with van der Waals surface area (Å²) in [4.78, 5) is 0. The highest BCUT2D eigenvalue weighted by molar-refractivity contribution is 5.18. The van der Waals surface area contributed by atoms with Crippen LogP contribution in [0.15, 0.2) is 4.42 Å². The Labute approximate surface area is 102 Å². The van der Waals surface area contributed by atoms with E-state index < -0.39 is 29.9 Å². The highest BCUT2D eigenvalue weighted by atomic mass is 19.4. The van der Waals surface area contributed by atoms with Gasteiger partial charge in [0, 0.05) is 6.54 Å². The maximum Gasteiger partial charge on any atom is 0.460 e. The van der Waals surface area contributed by atoms with Crippen molar-refractivity contribution in [1.82, 2.24) is 10.2 Å². The normalized spacial score (nSPS) is 13.7. The van der Waals surface area contributed by atoms with E-state index in [1.54, 1.807) is 6.92 Å². The lowest BCUT2D eigenvalue weighted by Gasteiger charge is -2.25. The third-order valence-corrected chi connectivity index (χ3v) is 1.97. The van der Waals surface area contributed by atoms with Gasteiger partial charge in [0.2, 0.25) is 0 Å². The van der Waals surface area contributed by atoms with Crippen LogP contribution >= 0.6 is 0 Å². The fraction of sp³-hybridized carbons (Fsp3) is 0.750. The molecule has 0 aliphatic rings. The molecule has 0 fully saturated rings. The Balaban J connectivity index is 3.03. The molecule has 0 saturated carbocycles. The Morgan fingerprint density at radius 1 is 1.05 bits per heavy atom. The van der Waals surface area contributed by atoms with Crippen LogP contribution in [0.3, 0.4) is 0 Å². The molecular weight excluding hydrogens is 287 g/mol. The number of hydrogen-bond donors (Lipinski definition) is 1. The molecule has 110 valence electrons. The number of hydrogen-bond acceptors (Lipinski definition) is 4. The van der Waals surface area contributed by atoms with Gasteiger partial charge in [-0.1, -0.05) is 12.0 Å². The number of alkyl halides is 7. The van der Waals surface area contributed by atoms with Gasteiger partial charge in [0.1, 0.15) is 0 Å². The van der Waals surface area contributed by atoms with Crippen LogP contribution in [0.25, 0.3) is 0 Å². The SMILES string of the molecule is CCCNc1nnc(C(F)(F)C(F)(F)C(F)(F)F)o1. The first-order valence-corrected chi connectivity index (χ1v) is 4.94. The zero-order chi connectivity index (χ0) is 14.9. The minimum Gasteiger partial charge on any atom is -0.401 e. The van der Waals surface area contributed by atoms with Crippen LogP contribution in [-0.4, -0.2) is 28.8 Å². The van der Waals surface area contributed by atoms with E-state index in [1.807, 2.05) is 0 Å². The van der Waals surface area contributed by atoms with E-state index in [2.05, 4.69) is 19.9 Å². The third-order valence-electron chi connectivity index (χ3n) is 1.97. The molecule has 0 amide bonds. The Hall–Kier alpha value is -1.55. The van der Waals surface area contributed by atoms with E-state index in [1.165, 1.54) is 0 Å². The van der Waals surface area contributed by atoms with E-state index in [0.717, 1.165) is 0 Å². The first kappa shape index (κ1) is 15.5. The first-order chi connectivity index (χ1) is 8.54. The van der Waals surface area contributed by atoms with Gasteiger partial charge in [0.25, 0.3) is 5.89 Å².